The number of nitrogens with one attached hydrogen (secondary N) is 2. The first-order valence-electron chi connectivity index (χ1n) is 6.33. The minimum Gasteiger partial charge on any atom is -0.352 e. The number of aromatic nitrogens is 2. The number of halogens is 1. The number of aryl methyl sites for hydroxylation is 1. The summed E-state index contributed by atoms with van der Waals surface area (Å²) in [5.41, 5.74) is 2.59. The molecule has 1 aromatic heterocycles. The molecule has 0 atom stereocenters. The monoisotopic (exact) mass is 259 g/mol. The van der Waals surface area contributed by atoms with Gasteiger partial charge in [0.05, 0.1) is 5.69 Å². The summed E-state index contributed by atoms with van der Waals surface area (Å²) in [6, 6.07) is 6.23. The largest absolute Gasteiger partial charge is 0.352 e. The van der Waals surface area contributed by atoms with Crippen LogP contribution < -0.4 is 10.9 Å². The second kappa shape index (κ2) is 4.84. The van der Waals surface area contributed by atoms with Crippen molar-refractivity contribution in [2.45, 2.75) is 25.8 Å². The number of hydrogen-bond donors (Lipinski definition) is 2. The standard InChI is InChI=1S/C14H14FN3O/c15-10-6-4-9(5-7-10)8-16-14-17-12-3-1-2-11(12)13(19)18-14/h4-7H,1-3,8H2,(H2,16,17,18,19). The van der Waals surface area contributed by atoms with Gasteiger partial charge in [-0.15, -0.1) is 0 Å². The summed E-state index contributed by atoms with van der Waals surface area (Å²) in [5, 5.41) is 3.06. The van der Waals surface area contributed by atoms with E-state index in [0.717, 1.165) is 36.1 Å². The molecule has 1 heterocycles. The predicted molar refractivity (Wildman–Crippen MR) is 70.6 cm³/mol. The second-order valence-electron chi connectivity index (χ2n) is 4.67. The van der Waals surface area contributed by atoms with Crippen molar-refractivity contribution in [3.63, 3.8) is 0 Å². The van der Waals surface area contributed by atoms with Crippen LogP contribution in [-0.2, 0) is 19.4 Å². The van der Waals surface area contributed by atoms with E-state index in [1.165, 1.54) is 12.1 Å². The lowest BCUT2D eigenvalue weighted by Gasteiger charge is -2.07. The zero-order chi connectivity index (χ0) is 13.2. The van der Waals surface area contributed by atoms with Crippen molar-refractivity contribution in [3.05, 3.63) is 57.3 Å². The average Bonchev–Trinajstić information content (AvgIpc) is 2.87. The number of H-pyrrole nitrogens is 1. The van der Waals surface area contributed by atoms with E-state index in [-0.39, 0.29) is 11.4 Å². The van der Waals surface area contributed by atoms with Crippen LogP contribution in [-0.4, -0.2) is 9.97 Å². The van der Waals surface area contributed by atoms with Gasteiger partial charge in [-0.1, -0.05) is 12.1 Å². The van der Waals surface area contributed by atoms with Crippen LogP contribution in [0.15, 0.2) is 29.1 Å². The van der Waals surface area contributed by atoms with Gasteiger partial charge in [-0.2, -0.15) is 0 Å². The maximum absolute atomic E-state index is 12.8. The molecule has 1 aromatic carbocycles. The molecule has 0 saturated carbocycles. The number of hydrogen-bond acceptors (Lipinski definition) is 3. The Kier molecular flexibility index (Phi) is 3.03. The molecule has 0 amide bonds. The lowest BCUT2D eigenvalue weighted by atomic mass is 10.2. The molecule has 0 radical (unpaired) electrons. The van der Waals surface area contributed by atoms with Crippen molar-refractivity contribution in [1.29, 1.82) is 0 Å². The Hall–Kier alpha value is -2.17. The van der Waals surface area contributed by atoms with E-state index in [9.17, 15) is 9.18 Å². The van der Waals surface area contributed by atoms with Gasteiger partial charge < -0.3 is 5.32 Å². The van der Waals surface area contributed by atoms with Gasteiger partial charge in [0, 0.05) is 12.1 Å². The number of benzene rings is 1. The van der Waals surface area contributed by atoms with Gasteiger partial charge in [0.1, 0.15) is 5.82 Å². The van der Waals surface area contributed by atoms with Crippen molar-refractivity contribution in [2.24, 2.45) is 0 Å². The van der Waals surface area contributed by atoms with E-state index in [4.69, 9.17) is 0 Å². The number of anilines is 1. The zero-order valence-electron chi connectivity index (χ0n) is 10.4. The van der Waals surface area contributed by atoms with Gasteiger partial charge >= 0.3 is 0 Å². The molecule has 1 aliphatic carbocycles. The average molecular weight is 259 g/mol. The minimum atomic E-state index is -0.257. The second-order valence-corrected chi connectivity index (χ2v) is 4.67. The molecule has 0 saturated heterocycles. The van der Waals surface area contributed by atoms with Gasteiger partial charge in [-0.3, -0.25) is 9.78 Å². The topological polar surface area (TPSA) is 57.8 Å². The molecule has 0 fully saturated rings. The van der Waals surface area contributed by atoms with Crippen LogP contribution in [0.4, 0.5) is 10.3 Å². The minimum absolute atomic E-state index is 0.0518. The van der Waals surface area contributed by atoms with Crippen molar-refractivity contribution in [1.82, 2.24) is 9.97 Å². The van der Waals surface area contributed by atoms with Crippen LogP contribution in [0.5, 0.6) is 0 Å². The zero-order valence-corrected chi connectivity index (χ0v) is 10.4. The lowest BCUT2D eigenvalue weighted by molar-refractivity contribution is 0.627. The molecular weight excluding hydrogens is 245 g/mol. The van der Waals surface area contributed by atoms with Crippen LogP contribution in [0.3, 0.4) is 0 Å². The highest BCUT2D eigenvalue weighted by molar-refractivity contribution is 5.33. The summed E-state index contributed by atoms with van der Waals surface area (Å²) in [5.74, 6) is 0.225. The molecule has 0 aliphatic heterocycles. The molecule has 0 unspecified atom stereocenters. The number of nitrogens with zero attached hydrogens (tertiary/aromatic N) is 1. The number of rotatable bonds is 3. The van der Waals surface area contributed by atoms with Gasteiger partial charge in [0.25, 0.3) is 5.56 Å². The van der Waals surface area contributed by atoms with Crippen molar-refractivity contribution in [2.75, 3.05) is 5.32 Å². The Morgan fingerprint density at radius 2 is 2.05 bits per heavy atom. The summed E-state index contributed by atoms with van der Waals surface area (Å²) in [6.07, 6.45) is 2.67. The molecule has 98 valence electrons. The molecule has 3 rings (SSSR count). The quantitative estimate of drug-likeness (QED) is 0.886. The van der Waals surface area contributed by atoms with Gasteiger partial charge in [0.2, 0.25) is 5.95 Å². The molecule has 4 nitrogen and oxygen atoms in total. The Morgan fingerprint density at radius 1 is 1.26 bits per heavy atom. The Balaban J connectivity index is 1.75. The summed E-state index contributed by atoms with van der Waals surface area (Å²) >= 11 is 0. The highest BCUT2D eigenvalue weighted by Crippen LogP contribution is 2.16. The van der Waals surface area contributed by atoms with Crippen molar-refractivity contribution < 1.29 is 4.39 Å². The first-order chi connectivity index (χ1) is 9.22. The molecule has 19 heavy (non-hydrogen) atoms. The molecule has 2 N–H and O–H groups in total. The Bertz CT molecular complexity index is 649. The van der Waals surface area contributed by atoms with E-state index < -0.39 is 0 Å². The van der Waals surface area contributed by atoms with E-state index in [1.54, 1.807) is 12.1 Å². The molecule has 5 heteroatoms. The van der Waals surface area contributed by atoms with Crippen LogP contribution >= 0.6 is 0 Å². The first kappa shape index (κ1) is 11.9. The third-order valence-corrected chi connectivity index (χ3v) is 3.31. The van der Waals surface area contributed by atoms with Crippen LogP contribution in [0, 0.1) is 5.82 Å². The predicted octanol–water partition coefficient (Wildman–Crippen LogP) is 2.01. The molecule has 1 aliphatic rings. The summed E-state index contributed by atoms with van der Waals surface area (Å²) < 4.78 is 12.8. The normalized spacial score (nSPS) is 13.3. The highest BCUT2D eigenvalue weighted by Gasteiger charge is 2.16. The fourth-order valence-electron chi connectivity index (χ4n) is 2.31. The molecule has 0 bridgehead atoms. The number of fused-ring (bicyclic) bond motifs is 1. The third-order valence-electron chi connectivity index (χ3n) is 3.31. The fraction of sp³-hybridized carbons (Fsp3) is 0.286. The fourth-order valence-corrected chi connectivity index (χ4v) is 2.31. The third kappa shape index (κ3) is 2.50. The molecule has 2 aromatic rings. The van der Waals surface area contributed by atoms with E-state index >= 15 is 0 Å². The van der Waals surface area contributed by atoms with Crippen molar-refractivity contribution in [3.8, 4) is 0 Å². The maximum Gasteiger partial charge on any atom is 0.255 e. The van der Waals surface area contributed by atoms with Crippen LogP contribution in [0.2, 0.25) is 0 Å². The van der Waals surface area contributed by atoms with E-state index in [1.807, 2.05) is 0 Å². The number of aromatic amines is 1. The Morgan fingerprint density at radius 3 is 2.84 bits per heavy atom. The van der Waals surface area contributed by atoms with Gasteiger partial charge in [-0.05, 0) is 37.0 Å². The highest BCUT2D eigenvalue weighted by atomic mass is 19.1. The SMILES string of the molecule is O=c1[nH]c(NCc2ccc(F)cc2)nc2c1CCC2. The van der Waals surface area contributed by atoms with Crippen molar-refractivity contribution >= 4 is 5.95 Å². The smallest absolute Gasteiger partial charge is 0.255 e. The van der Waals surface area contributed by atoms with Gasteiger partial charge in [0.15, 0.2) is 0 Å². The van der Waals surface area contributed by atoms with Crippen LogP contribution in [0.25, 0.3) is 0 Å². The van der Waals surface area contributed by atoms with Crippen LogP contribution in [0.1, 0.15) is 23.2 Å². The summed E-state index contributed by atoms with van der Waals surface area (Å²) in [6.45, 7) is 0.502. The molecule has 0 spiro atoms. The van der Waals surface area contributed by atoms with E-state index in [2.05, 4.69) is 15.3 Å². The lowest BCUT2D eigenvalue weighted by Crippen LogP contribution is -2.17. The summed E-state index contributed by atoms with van der Waals surface area (Å²) in [4.78, 5) is 18.9. The first-order valence-corrected chi connectivity index (χ1v) is 6.33. The van der Waals surface area contributed by atoms with Gasteiger partial charge in [-0.25, -0.2) is 9.37 Å². The molecular formula is C14H14FN3O. The maximum atomic E-state index is 12.8. The van der Waals surface area contributed by atoms with E-state index in [0.29, 0.717) is 12.5 Å². The summed E-state index contributed by atoms with van der Waals surface area (Å²) in [7, 11) is 0. The Labute approximate surface area is 109 Å².